The molecule has 0 fully saturated rings. The van der Waals surface area contributed by atoms with Gasteiger partial charge in [0, 0.05) is 3.58 Å². The van der Waals surface area contributed by atoms with E-state index < -0.39 is 6.10 Å². The smallest absolute Gasteiger partial charge is 0.203 e. The van der Waals surface area contributed by atoms with Crippen LogP contribution in [0.3, 0.4) is 0 Å². The number of para-hydroxylation sites is 1. The molecular formula is C19H21IO5. The monoisotopic (exact) mass is 456 g/mol. The first kappa shape index (κ1) is 19.4. The first-order chi connectivity index (χ1) is 12.1. The molecule has 0 aromatic heterocycles. The number of benzene rings is 2. The highest BCUT2D eigenvalue weighted by atomic mass is 127. The van der Waals surface area contributed by atoms with Gasteiger partial charge in [0.05, 0.1) is 27.4 Å². The number of aliphatic hydroxyl groups excluding tert-OH is 1. The maximum absolute atomic E-state index is 10.5. The van der Waals surface area contributed by atoms with E-state index >= 15 is 0 Å². The minimum Gasteiger partial charge on any atom is -0.493 e. The summed E-state index contributed by atoms with van der Waals surface area (Å²) in [4.78, 5) is 0. The van der Waals surface area contributed by atoms with E-state index in [0.29, 0.717) is 29.4 Å². The third-order valence-corrected chi connectivity index (χ3v) is 4.16. The van der Waals surface area contributed by atoms with Crippen LogP contribution >= 0.6 is 22.6 Å². The van der Waals surface area contributed by atoms with E-state index in [2.05, 4.69) is 22.6 Å². The van der Waals surface area contributed by atoms with Crippen LogP contribution < -0.4 is 18.9 Å². The van der Waals surface area contributed by atoms with Gasteiger partial charge in [-0.15, -0.1) is 0 Å². The number of aliphatic hydroxyl groups is 1. The molecule has 1 unspecified atom stereocenters. The molecule has 1 N–H and O–H groups in total. The van der Waals surface area contributed by atoms with Crippen LogP contribution in [-0.4, -0.2) is 33.0 Å². The van der Waals surface area contributed by atoms with Gasteiger partial charge in [-0.05, 0) is 58.5 Å². The Kier molecular flexibility index (Phi) is 7.39. The number of rotatable bonds is 8. The summed E-state index contributed by atoms with van der Waals surface area (Å²) >= 11 is 2.15. The van der Waals surface area contributed by atoms with Crippen LogP contribution in [0.25, 0.3) is 0 Å². The number of methoxy groups -OCH3 is 3. The Morgan fingerprint density at radius 1 is 1.04 bits per heavy atom. The Morgan fingerprint density at radius 3 is 2.16 bits per heavy atom. The molecule has 0 bridgehead atoms. The van der Waals surface area contributed by atoms with Crippen molar-refractivity contribution >= 4 is 22.6 Å². The Hall–Kier alpha value is -1.93. The summed E-state index contributed by atoms with van der Waals surface area (Å²) in [6.45, 7) is 0.381. The Balaban J connectivity index is 2.14. The molecule has 0 saturated carbocycles. The van der Waals surface area contributed by atoms with Crippen molar-refractivity contribution in [1.29, 1.82) is 0 Å². The van der Waals surface area contributed by atoms with Crippen LogP contribution in [0.5, 0.6) is 23.0 Å². The standard InChI is InChI=1S/C19H21IO5/c1-22-17-9-13(10-18(23-2)19(17)24-3)16(21)11-14(20)12-25-15-7-5-4-6-8-15/h4-11,16,21H,12H2,1-3H3/b14-11-. The van der Waals surface area contributed by atoms with Crippen molar-refractivity contribution in [1.82, 2.24) is 0 Å². The first-order valence-corrected chi connectivity index (χ1v) is 8.69. The lowest BCUT2D eigenvalue weighted by Crippen LogP contribution is -2.02. The summed E-state index contributed by atoms with van der Waals surface area (Å²) in [7, 11) is 4.63. The summed E-state index contributed by atoms with van der Waals surface area (Å²) in [5.41, 5.74) is 0.642. The highest BCUT2D eigenvalue weighted by Gasteiger charge is 2.16. The van der Waals surface area contributed by atoms with Gasteiger partial charge in [0.1, 0.15) is 12.4 Å². The topological polar surface area (TPSA) is 57.2 Å². The zero-order chi connectivity index (χ0) is 18.2. The summed E-state index contributed by atoms with van der Waals surface area (Å²) in [6, 6.07) is 13.0. The van der Waals surface area contributed by atoms with Gasteiger partial charge in [-0.3, -0.25) is 0 Å². The van der Waals surface area contributed by atoms with Crippen molar-refractivity contribution in [2.75, 3.05) is 27.9 Å². The van der Waals surface area contributed by atoms with Crippen LogP contribution in [0.1, 0.15) is 11.7 Å². The molecule has 0 aliphatic heterocycles. The van der Waals surface area contributed by atoms with Gasteiger partial charge in [-0.25, -0.2) is 0 Å². The van der Waals surface area contributed by atoms with E-state index in [1.165, 1.54) is 0 Å². The zero-order valence-corrected chi connectivity index (χ0v) is 16.5. The van der Waals surface area contributed by atoms with Gasteiger partial charge < -0.3 is 24.1 Å². The van der Waals surface area contributed by atoms with Crippen molar-refractivity contribution < 1.29 is 24.1 Å². The molecule has 134 valence electrons. The number of ether oxygens (including phenoxy) is 4. The molecule has 6 heteroatoms. The SMILES string of the molecule is COc1cc(C(O)/C=C(\I)COc2ccccc2)cc(OC)c1OC. The average molecular weight is 456 g/mol. The zero-order valence-electron chi connectivity index (χ0n) is 14.4. The Morgan fingerprint density at radius 2 is 1.64 bits per heavy atom. The quantitative estimate of drug-likeness (QED) is 0.606. The summed E-state index contributed by atoms with van der Waals surface area (Å²) in [5.74, 6) is 2.28. The molecule has 2 aromatic carbocycles. The van der Waals surface area contributed by atoms with Crippen LogP contribution in [0.15, 0.2) is 52.1 Å². The maximum Gasteiger partial charge on any atom is 0.203 e. The van der Waals surface area contributed by atoms with Crippen LogP contribution in [-0.2, 0) is 0 Å². The molecular weight excluding hydrogens is 435 g/mol. The molecule has 2 aromatic rings. The van der Waals surface area contributed by atoms with E-state index in [4.69, 9.17) is 18.9 Å². The number of halogens is 1. The summed E-state index contributed by atoms with van der Waals surface area (Å²) in [5, 5.41) is 10.5. The molecule has 1 atom stereocenters. The summed E-state index contributed by atoms with van der Waals surface area (Å²) in [6.07, 6.45) is 0.907. The molecule has 0 amide bonds. The van der Waals surface area contributed by atoms with Gasteiger partial charge in [0.15, 0.2) is 11.5 Å². The molecule has 0 aliphatic rings. The van der Waals surface area contributed by atoms with Crippen LogP contribution in [0, 0.1) is 0 Å². The average Bonchev–Trinajstić information content (AvgIpc) is 2.65. The normalized spacial score (nSPS) is 12.4. The van der Waals surface area contributed by atoms with Gasteiger partial charge in [-0.2, -0.15) is 0 Å². The molecule has 5 nitrogen and oxygen atoms in total. The second-order valence-electron chi connectivity index (χ2n) is 5.12. The van der Waals surface area contributed by atoms with Crippen LogP contribution in [0.4, 0.5) is 0 Å². The van der Waals surface area contributed by atoms with Crippen molar-refractivity contribution in [3.8, 4) is 23.0 Å². The minimum atomic E-state index is -0.819. The molecule has 0 radical (unpaired) electrons. The third kappa shape index (κ3) is 5.27. The molecule has 2 rings (SSSR count). The summed E-state index contributed by atoms with van der Waals surface area (Å²) < 4.78 is 22.5. The first-order valence-electron chi connectivity index (χ1n) is 7.61. The maximum atomic E-state index is 10.5. The lowest BCUT2D eigenvalue weighted by Gasteiger charge is -2.16. The lowest BCUT2D eigenvalue weighted by atomic mass is 10.1. The predicted molar refractivity (Wildman–Crippen MR) is 105 cm³/mol. The molecule has 0 saturated heterocycles. The molecule has 0 heterocycles. The number of hydrogen-bond acceptors (Lipinski definition) is 5. The molecule has 0 spiro atoms. The number of hydrogen-bond donors (Lipinski definition) is 1. The molecule has 0 aliphatic carbocycles. The van der Waals surface area contributed by atoms with E-state index in [0.717, 1.165) is 9.33 Å². The van der Waals surface area contributed by atoms with Crippen molar-refractivity contribution in [3.63, 3.8) is 0 Å². The largest absolute Gasteiger partial charge is 0.493 e. The second kappa shape index (κ2) is 9.53. The Bertz CT molecular complexity index is 690. The second-order valence-corrected chi connectivity index (χ2v) is 6.50. The lowest BCUT2D eigenvalue weighted by molar-refractivity contribution is 0.225. The van der Waals surface area contributed by atoms with Crippen molar-refractivity contribution in [2.45, 2.75) is 6.10 Å². The Labute approximate surface area is 161 Å². The van der Waals surface area contributed by atoms with Gasteiger partial charge in [0.2, 0.25) is 5.75 Å². The fourth-order valence-electron chi connectivity index (χ4n) is 2.26. The van der Waals surface area contributed by atoms with Gasteiger partial charge in [-0.1, -0.05) is 18.2 Å². The van der Waals surface area contributed by atoms with Crippen molar-refractivity contribution in [3.05, 3.63) is 57.7 Å². The van der Waals surface area contributed by atoms with E-state index in [-0.39, 0.29) is 0 Å². The van der Waals surface area contributed by atoms with E-state index in [9.17, 15) is 5.11 Å². The fraction of sp³-hybridized carbons (Fsp3) is 0.263. The minimum absolute atomic E-state index is 0.381. The highest BCUT2D eigenvalue weighted by molar-refractivity contribution is 14.1. The third-order valence-electron chi connectivity index (χ3n) is 3.49. The fourth-order valence-corrected chi connectivity index (χ4v) is 2.75. The molecule has 25 heavy (non-hydrogen) atoms. The van der Waals surface area contributed by atoms with Crippen molar-refractivity contribution in [2.24, 2.45) is 0 Å². The highest BCUT2D eigenvalue weighted by Crippen LogP contribution is 2.40. The van der Waals surface area contributed by atoms with E-state index in [1.54, 1.807) is 39.5 Å². The van der Waals surface area contributed by atoms with Crippen LogP contribution in [0.2, 0.25) is 0 Å². The van der Waals surface area contributed by atoms with Gasteiger partial charge >= 0.3 is 0 Å². The van der Waals surface area contributed by atoms with E-state index in [1.807, 2.05) is 30.3 Å². The predicted octanol–water partition coefficient (Wildman–Crippen LogP) is 4.14. The van der Waals surface area contributed by atoms with Gasteiger partial charge in [0.25, 0.3) is 0 Å².